The van der Waals surface area contributed by atoms with Crippen LogP contribution in [-0.4, -0.2) is 68.7 Å². The lowest BCUT2D eigenvalue weighted by Gasteiger charge is -2.34. The molecule has 0 saturated carbocycles. The van der Waals surface area contributed by atoms with Crippen LogP contribution in [0.3, 0.4) is 0 Å². The van der Waals surface area contributed by atoms with Crippen molar-refractivity contribution in [2.24, 2.45) is 0 Å². The minimum Gasteiger partial charge on any atom is -0.396 e. The van der Waals surface area contributed by atoms with Gasteiger partial charge < -0.3 is 20.5 Å². The SMILES string of the molecule is O=C(NCCCO)C(=O)NC[C@@H]1OCCCN1S(=O)(=O)c1ccccc1. The Kier molecular flexibility index (Phi) is 7.51. The molecule has 1 saturated heterocycles. The zero-order valence-corrected chi connectivity index (χ0v) is 15.1. The maximum absolute atomic E-state index is 12.8. The number of rotatable bonds is 7. The summed E-state index contributed by atoms with van der Waals surface area (Å²) in [6.45, 7) is 0.574. The third-order valence-corrected chi connectivity index (χ3v) is 5.67. The van der Waals surface area contributed by atoms with Gasteiger partial charge in [0.2, 0.25) is 10.0 Å². The number of carbonyl (C=O) groups is 2. The molecular formula is C16H23N3O6S. The van der Waals surface area contributed by atoms with E-state index in [-0.39, 0.29) is 31.1 Å². The van der Waals surface area contributed by atoms with Crippen LogP contribution in [0.15, 0.2) is 35.2 Å². The van der Waals surface area contributed by atoms with Crippen molar-refractivity contribution in [2.45, 2.75) is 24.0 Å². The van der Waals surface area contributed by atoms with Gasteiger partial charge in [-0.2, -0.15) is 4.31 Å². The minimum atomic E-state index is -3.77. The summed E-state index contributed by atoms with van der Waals surface area (Å²) in [4.78, 5) is 23.6. The number of aliphatic hydroxyl groups is 1. The van der Waals surface area contributed by atoms with E-state index in [4.69, 9.17) is 9.84 Å². The third kappa shape index (κ3) is 5.24. The molecule has 1 fully saturated rings. The molecule has 1 aliphatic rings. The van der Waals surface area contributed by atoms with E-state index in [1.54, 1.807) is 18.2 Å². The van der Waals surface area contributed by atoms with E-state index in [0.717, 1.165) is 0 Å². The molecule has 0 radical (unpaired) electrons. The standard InChI is InChI=1S/C16H23N3O6S/c20-10-4-8-17-15(21)16(22)18-12-14-19(9-5-11-25-14)26(23,24)13-6-2-1-3-7-13/h1-3,6-7,14,20H,4-5,8-12H2,(H,17,21)(H,18,22)/t14-/m0/s1. The number of aliphatic hydroxyl groups excluding tert-OH is 1. The first kappa shape index (κ1) is 20.3. The summed E-state index contributed by atoms with van der Waals surface area (Å²) in [5.74, 6) is -1.72. The Morgan fingerprint density at radius 1 is 1.19 bits per heavy atom. The monoisotopic (exact) mass is 385 g/mol. The lowest BCUT2D eigenvalue weighted by atomic mass is 10.3. The Labute approximate surface area is 152 Å². The average molecular weight is 385 g/mol. The Morgan fingerprint density at radius 3 is 2.58 bits per heavy atom. The molecule has 10 heteroatoms. The number of ether oxygens (including phenoxy) is 1. The summed E-state index contributed by atoms with van der Waals surface area (Å²) in [7, 11) is -3.77. The predicted octanol–water partition coefficient (Wildman–Crippen LogP) is -0.961. The summed E-state index contributed by atoms with van der Waals surface area (Å²) in [6.07, 6.45) is -0.00501. The van der Waals surface area contributed by atoms with E-state index in [2.05, 4.69) is 10.6 Å². The fraction of sp³-hybridized carbons (Fsp3) is 0.500. The second-order valence-corrected chi connectivity index (χ2v) is 7.54. The van der Waals surface area contributed by atoms with Gasteiger partial charge in [0.05, 0.1) is 18.0 Å². The van der Waals surface area contributed by atoms with Gasteiger partial charge in [-0.3, -0.25) is 9.59 Å². The first-order valence-electron chi connectivity index (χ1n) is 8.32. The molecule has 2 rings (SSSR count). The highest BCUT2D eigenvalue weighted by atomic mass is 32.2. The van der Waals surface area contributed by atoms with Gasteiger partial charge in [0.1, 0.15) is 6.23 Å². The van der Waals surface area contributed by atoms with Crippen LogP contribution in [0.1, 0.15) is 12.8 Å². The molecule has 1 aliphatic heterocycles. The molecule has 0 bridgehead atoms. The highest BCUT2D eigenvalue weighted by Crippen LogP contribution is 2.21. The van der Waals surface area contributed by atoms with Crippen molar-refractivity contribution in [1.29, 1.82) is 0 Å². The summed E-state index contributed by atoms with van der Waals surface area (Å²) in [5.41, 5.74) is 0. The summed E-state index contributed by atoms with van der Waals surface area (Å²) < 4.78 is 32.2. The lowest BCUT2D eigenvalue weighted by molar-refractivity contribution is -0.140. The number of hydrogen-bond donors (Lipinski definition) is 3. The lowest BCUT2D eigenvalue weighted by Crippen LogP contribution is -2.53. The van der Waals surface area contributed by atoms with Gasteiger partial charge in [0.15, 0.2) is 0 Å². The van der Waals surface area contributed by atoms with Crippen LogP contribution in [0.5, 0.6) is 0 Å². The Bertz CT molecular complexity index is 710. The van der Waals surface area contributed by atoms with Crippen molar-refractivity contribution < 1.29 is 27.9 Å². The first-order chi connectivity index (χ1) is 12.5. The van der Waals surface area contributed by atoms with Crippen LogP contribution >= 0.6 is 0 Å². The van der Waals surface area contributed by atoms with E-state index in [1.807, 2.05) is 0 Å². The maximum atomic E-state index is 12.8. The van der Waals surface area contributed by atoms with Gasteiger partial charge in [-0.05, 0) is 25.0 Å². The molecule has 1 aromatic rings. The van der Waals surface area contributed by atoms with Crippen molar-refractivity contribution in [3.63, 3.8) is 0 Å². The van der Waals surface area contributed by atoms with Gasteiger partial charge in [-0.1, -0.05) is 18.2 Å². The van der Waals surface area contributed by atoms with Gasteiger partial charge in [-0.15, -0.1) is 0 Å². The van der Waals surface area contributed by atoms with Gasteiger partial charge in [0.25, 0.3) is 0 Å². The molecule has 0 aliphatic carbocycles. The number of hydrogen-bond acceptors (Lipinski definition) is 6. The molecule has 0 spiro atoms. The Morgan fingerprint density at radius 2 is 1.88 bits per heavy atom. The molecule has 9 nitrogen and oxygen atoms in total. The molecule has 1 heterocycles. The normalized spacial score (nSPS) is 18.3. The zero-order chi connectivity index (χ0) is 19.0. The zero-order valence-electron chi connectivity index (χ0n) is 14.3. The van der Waals surface area contributed by atoms with Gasteiger partial charge in [0, 0.05) is 19.7 Å². The summed E-state index contributed by atoms with van der Waals surface area (Å²) in [5, 5.41) is 13.4. The maximum Gasteiger partial charge on any atom is 0.309 e. The number of carbonyl (C=O) groups excluding carboxylic acids is 2. The van der Waals surface area contributed by atoms with E-state index >= 15 is 0 Å². The topological polar surface area (TPSA) is 125 Å². The number of nitrogens with one attached hydrogen (secondary N) is 2. The number of amides is 2. The van der Waals surface area contributed by atoms with E-state index in [1.165, 1.54) is 16.4 Å². The average Bonchev–Trinajstić information content (AvgIpc) is 2.67. The van der Waals surface area contributed by atoms with E-state index < -0.39 is 28.1 Å². The van der Waals surface area contributed by atoms with Crippen molar-refractivity contribution in [1.82, 2.24) is 14.9 Å². The van der Waals surface area contributed by atoms with Crippen molar-refractivity contribution in [3.05, 3.63) is 30.3 Å². The molecule has 1 aromatic carbocycles. The highest BCUT2D eigenvalue weighted by molar-refractivity contribution is 7.89. The second kappa shape index (κ2) is 9.62. The largest absolute Gasteiger partial charge is 0.396 e. The molecule has 0 unspecified atom stereocenters. The summed E-state index contributed by atoms with van der Waals surface area (Å²) in [6, 6.07) is 7.97. The van der Waals surface area contributed by atoms with Gasteiger partial charge in [-0.25, -0.2) is 8.42 Å². The Hall–Kier alpha value is -2.01. The number of benzene rings is 1. The van der Waals surface area contributed by atoms with Crippen molar-refractivity contribution >= 4 is 21.8 Å². The third-order valence-electron chi connectivity index (χ3n) is 3.77. The molecular weight excluding hydrogens is 362 g/mol. The molecule has 3 N–H and O–H groups in total. The number of nitrogens with zero attached hydrogens (tertiary/aromatic N) is 1. The number of sulfonamides is 1. The molecule has 26 heavy (non-hydrogen) atoms. The van der Waals surface area contributed by atoms with Crippen LogP contribution < -0.4 is 10.6 Å². The Balaban J connectivity index is 1.99. The van der Waals surface area contributed by atoms with E-state index in [9.17, 15) is 18.0 Å². The molecule has 0 aromatic heterocycles. The highest BCUT2D eigenvalue weighted by Gasteiger charge is 2.34. The summed E-state index contributed by atoms with van der Waals surface area (Å²) >= 11 is 0. The molecule has 144 valence electrons. The van der Waals surface area contributed by atoms with Crippen molar-refractivity contribution in [2.75, 3.05) is 32.8 Å². The van der Waals surface area contributed by atoms with Crippen LogP contribution in [0.4, 0.5) is 0 Å². The molecule has 1 atom stereocenters. The van der Waals surface area contributed by atoms with E-state index in [0.29, 0.717) is 19.4 Å². The predicted molar refractivity (Wildman–Crippen MR) is 92.4 cm³/mol. The minimum absolute atomic E-state index is 0.0931. The smallest absolute Gasteiger partial charge is 0.309 e. The fourth-order valence-electron chi connectivity index (χ4n) is 2.45. The van der Waals surface area contributed by atoms with Gasteiger partial charge >= 0.3 is 11.8 Å². The quantitative estimate of drug-likeness (QED) is 0.410. The fourth-order valence-corrected chi connectivity index (χ4v) is 4.04. The van der Waals surface area contributed by atoms with Crippen LogP contribution in [0.25, 0.3) is 0 Å². The van der Waals surface area contributed by atoms with Crippen LogP contribution in [0, 0.1) is 0 Å². The van der Waals surface area contributed by atoms with Crippen LogP contribution in [-0.2, 0) is 24.3 Å². The second-order valence-electron chi connectivity index (χ2n) is 5.65. The molecule has 2 amide bonds. The first-order valence-corrected chi connectivity index (χ1v) is 9.76. The van der Waals surface area contributed by atoms with Crippen molar-refractivity contribution in [3.8, 4) is 0 Å². The van der Waals surface area contributed by atoms with Crippen LogP contribution in [0.2, 0.25) is 0 Å².